The topological polar surface area (TPSA) is 21.3 Å². The molecule has 3 rings (SSSR count). The highest BCUT2D eigenvalue weighted by molar-refractivity contribution is 6.31. The van der Waals surface area contributed by atoms with Crippen molar-refractivity contribution >= 4 is 11.6 Å². The monoisotopic (exact) mass is 301 g/mol. The number of benzene rings is 2. The van der Waals surface area contributed by atoms with E-state index in [-0.39, 0.29) is 12.1 Å². The molecule has 0 aromatic heterocycles. The van der Waals surface area contributed by atoms with E-state index in [1.165, 1.54) is 11.1 Å². The minimum absolute atomic E-state index is 0.165. The lowest BCUT2D eigenvalue weighted by Gasteiger charge is -2.24. The summed E-state index contributed by atoms with van der Waals surface area (Å²) in [7, 11) is 0. The van der Waals surface area contributed by atoms with Crippen LogP contribution in [0.25, 0.3) is 0 Å². The fourth-order valence-corrected chi connectivity index (χ4v) is 3.14. The van der Waals surface area contributed by atoms with Crippen LogP contribution in [-0.4, -0.2) is 18.7 Å². The fraction of sp³-hybridized carbons (Fsp3) is 0.333. The van der Waals surface area contributed by atoms with E-state index in [0.717, 1.165) is 30.2 Å². The zero-order chi connectivity index (χ0) is 14.7. The largest absolute Gasteiger partial charge is 0.488 e. The van der Waals surface area contributed by atoms with Gasteiger partial charge in [-0.3, -0.25) is 0 Å². The van der Waals surface area contributed by atoms with Crippen LogP contribution in [0.2, 0.25) is 5.02 Å². The number of para-hydroxylation sites is 1. The zero-order valence-corrected chi connectivity index (χ0v) is 12.9. The van der Waals surface area contributed by atoms with Crippen molar-refractivity contribution in [2.75, 3.05) is 6.54 Å². The Bertz CT molecular complexity index is 589. The quantitative estimate of drug-likeness (QED) is 0.905. The van der Waals surface area contributed by atoms with Gasteiger partial charge in [0.05, 0.1) is 0 Å². The Morgan fingerprint density at radius 2 is 1.95 bits per heavy atom. The highest BCUT2D eigenvalue weighted by atomic mass is 35.5. The summed E-state index contributed by atoms with van der Waals surface area (Å²) >= 11 is 6.30. The molecule has 0 saturated carbocycles. The maximum Gasteiger partial charge on any atom is 0.123 e. The van der Waals surface area contributed by atoms with E-state index in [1.807, 2.05) is 30.3 Å². The smallest absolute Gasteiger partial charge is 0.123 e. The number of likely N-dealkylation sites (N-methyl/N-ethyl adjacent to an activating group) is 1. The minimum Gasteiger partial charge on any atom is -0.488 e. The Hall–Kier alpha value is -1.51. The molecule has 21 heavy (non-hydrogen) atoms. The van der Waals surface area contributed by atoms with Crippen LogP contribution in [0.1, 0.15) is 18.1 Å². The van der Waals surface area contributed by atoms with Crippen molar-refractivity contribution in [2.45, 2.75) is 31.9 Å². The van der Waals surface area contributed by atoms with Crippen LogP contribution in [0.5, 0.6) is 5.75 Å². The summed E-state index contributed by atoms with van der Waals surface area (Å²) in [6, 6.07) is 16.6. The van der Waals surface area contributed by atoms with Gasteiger partial charge in [0, 0.05) is 17.5 Å². The number of halogens is 1. The van der Waals surface area contributed by atoms with Crippen molar-refractivity contribution < 1.29 is 4.74 Å². The van der Waals surface area contributed by atoms with Gasteiger partial charge in [0.15, 0.2) is 0 Å². The van der Waals surface area contributed by atoms with Crippen LogP contribution >= 0.6 is 11.6 Å². The normalized spacial score (nSPS) is 18.1. The molecule has 0 aliphatic carbocycles. The molecule has 0 fully saturated rings. The molecule has 0 spiro atoms. The fourth-order valence-electron chi connectivity index (χ4n) is 2.93. The van der Waals surface area contributed by atoms with Crippen molar-refractivity contribution in [3.05, 3.63) is 64.7 Å². The van der Waals surface area contributed by atoms with Gasteiger partial charge in [0.25, 0.3) is 0 Å². The first kappa shape index (κ1) is 14.4. The maximum atomic E-state index is 6.30. The van der Waals surface area contributed by atoms with Crippen molar-refractivity contribution in [2.24, 2.45) is 0 Å². The molecule has 110 valence electrons. The lowest BCUT2D eigenvalue weighted by Crippen LogP contribution is -2.44. The first-order chi connectivity index (χ1) is 10.3. The molecule has 1 N–H and O–H groups in total. The van der Waals surface area contributed by atoms with Gasteiger partial charge >= 0.3 is 0 Å². The van der Waals surface area contributed by atoms with Gasteiger partial charge in [-0.05, 0) is 36.2 Å². The van der Waals surface area contributed by atoms with Crippen molar-refractivity contribution in [1.82, 2.24) is 5.32 Å². The van der Waals surface area contributed by atoms with Gasteiger partial charge < -0.3 is 10.1 Å². The van der Waals surface area contributed by atoms with E-state index < -0.39 is 0 Å². The minimum atomic E-state index is 0.165. The van der Waals surface area contributed by atoms with Crippen molar-refractivity contribution in [3.63, 3.8) is 0 Å². The van der Waals surface area contributed by atoms with Crippen LogP contribution in [0, 0.1) is 0 Å². The summed E-state index contributed by atoms with van der Waals surface area (Å²) in [5.74, 6) is 1.02. The number of hydrogen-bond acceptors (Lipinski definition) is 2. The standard InChI is InChI=1S/C18H20ClNO/c1-2-20-16(11-13-7-3-5-9-15(13)19)18-12-14-8-4-6-10-17(14)21-18/h3-10,16,18,20H,2,11-12H2,1H3. The molecule has 1 heterocycles. The Morgan fingerprint density at radius 3 is 2.71 bits per heavy atom. The molecular formula is C18H20ClNO. The lowest BCUT2D eigenvalue weighted by molar-refractivity contribution is 0.178. The third kappa shape index (κ3) is 3.22. The van der Waals surface area contributed by atoms with Crippen molar-refractivity contribution in [3.8, 4) is 5.75 Å². The van der Waals surface area contributed by atoms with E-state index >= 15 is 0 Å². The third-order valence-corrected chi connectivity index (χ3v) is 4.35. The summed E-state index contributed by atoms with van der Waals surface area (Å²) in [6.07, 6.45) is 2.00. The average Bonchev–Trinajstić information content (AvgIpc) is 2.93. The van der Waals surface area contributed by atoms with E-state index in [4.69, 9.17) is 16.3 Å². The number of hydrogen-bond donors (Lipinski definition) is 1. The molecule has 1 aliphatic heterocycles. The predicted octanol–water partition coefficient (Wildman–Crippen LogP) is 3.86. The molecule has 3 heteroatoms. The number of fused-ring (bicyclic) bond motifs is 1. The number of rotatable bonds is 5. The second-order valence-corrected chi connectivity index (χ2v) is 5.84. The Balaban J connectivity index is 1.76. The van der Waals surface area contributed by atoms with E-state index in [2.05, 4.69) is 30.4 Å². The summed E-state index contributed by atoms with van der Waals surface area (Å²) < 4.78 is 6.13. The summed E-state index contributed by atoms with van der Waals surface area (Å²) in [5.41, 5.74) is 2.47. The highest BCUT2D eigenvalue weighted by Gasteiger charge is 2.30. The predicted molar refractivity (Wildman–Crippen MR) is 87.2 cm³/mol. The molecule has 2 unspecified atom stereocenters. The molecule has 0 saturated heterocycles. The summed E-state index contributed by atoms with van der Waals surface area (Å²) in [6.45, 7) is 3.05. The van der Waals surface area contributed by atoms with Gasteiger partial charge in [-0.15, -0.1) is 0 Å². The van der Waals surface area contributed by atoms with Crippen molar-refractivity contribution in [1.29, 1.82) is 0 Å². The Kier molecular flexibility index (Phi) is 4.47. The summed E-state index contributed by atoms with van der Waals surface area (Å²) in [5, 5.41) is 4.38. The molecule has 2 aromatic carbocycles. The molecular weight excluding hydrogens is 282 g/mol. The number of nitrogens with one attached hydrogen (secondary N) is 1. The molecule has 2 atom stereocenters. The van der Waals surface area contributed by atoms with Crippen LogP contribution in [-0.2, 0) is 12.8 Å². The second kappa shape index (κ2) is 6.50. The number of ether oxygens (including phenoxy) is 1. The first-order valence-electron chi connectivity index (χ1n) is 7.49. The second-order valence-electron chi connectivity index (χ2n) is 5.43. The van der Waals surface area contributed by atoms with Crippen LogP contribution in [0.4, 0.5) is 0 Å². The van der Waals surface area contributed by atoms with Crippen LogP contribution in [0.15, 0.2) is 48.5 Å². The van der Waals surface area contributed by atoms with Gasteiger partial charge in [-0.2, -0.15) is 0 Å². The lowest BCUT2D eigenvalue weighted by atomic mass is 9.98. The van der Waals surface area contributed by atoms with Gasteiger partial charge in [-0.25, -0.2) is 0 Å². The molecule has 2 aromatic rings. The van der Waals surface area contributed by atoms with Gasteiger partial charge in [0.1, 0.15) is 11.9 Å². The SMILES string of the molecule is CCNC(Cc1ccccc1Cl)C1Cc2ccccc2O1. The third-order valence-electron chi connectivity index (χ3n) is 3.98. The summed E-state index contributed by atoms with van der Waals surface area (Å²) in [4.78, 5) is 0. The zero-order valence-electron chi connectivity index (χ0n) is 12.2. The molecule has 1 aliphatic rings. The molecule has 0 amide bonds. The first-order valence-corrected chi connectivity index (χ1v) is 7.87. The van der Waals surface area contributed by atoms with Gasteiger partial charge in [-0.1, -0.05) is 54.9 Å². The van der Waals surface area contributed by atoms with E-state index in [9.17, 15) is 0 Å². The Labute approximate surface area is 131 Å². The van der Waals surface area contributed by atoms with Crippen LogP contribution in [0.3, 0.4) is 0 Å². The maximum absolute atomic E-state index is 6.30. The highest BCUT2D eigenvalue weighted by Crippen LogP contribution is 2.30. The Morgan fingerprint density at radius 1 is 1.19 bits per heavy atom. The molecule has 2 nitrogen and oxygen atoms in total. The van der Waals surface area contributed by atoms with Crippen LogP contribution < -0.4 is 10.1 Å². The van der Waals surface area contributed by atoms with E-state index in [1.54, 1.807) is 0 Å². The van der Waals surface area contributed by atoms with Gasteiger partial charge in [0.2, 0.25) is 0 Å². The average molecular weight is 302 g/mol. The molecule has 0 bridgehead atoms. The van der Waals surface area contributed by atoms with E-state index in [0.29, 0.717) is 0 Å². The molecule has 0 radical (unpaired) electrons.